The van der Waals surface area contributed by atoms with E-state index in [1.54, 1.807) is 0 Å². The number of aryl methyl sites for hydroxylation is 1. The summed E-state index contributed by atoms with van der Waals surface area (Å²) in [4.78, 5) is 6.81. The van der Waals surface area contributed by atoms with Crippen LogP contribution in [-0.2, 0) is 6.54 Å². The number of pyridine rings is 1. The summed E-state index contributed by atoms with van der Waals surface area (Å²) in [5.41, 5.74) is 3.64. The molecule has 1 aromatic carbocycles. The Kier molecular flexibility index (Phi) is 4.20. The van der Waals surface area contributed by atoms with Gasteiger partial charge in [0.2, 0.25) is 0 Å². The van der Waals surface area contributed by atoms with Crippen molar-refractivity contribution in [1.29, 1.82) is 0 Å². The zero-order valence-electron chi connectivity index (χ0n) is 12.8. The van der Waals surface area contributed by atoms with E-state index < -0.39 is 0 Å². The van der Waals surface area contributed by atoms with Crippen molar-refractivity contribution in [3.05, 3.63) is 59.9 Å². The fourth-order valence-corrected chi connectivity index (χ4v) is 3.11. The van der Waals surface area contributed by atoms with E-state index in [4.69, 9.17) is 0 Å². The van der Waals surface area contributed by atoms with E-state index in [2.05, 4.69) is 64.6 Å². The summed E-state index contributed by atoms with van der Waals surface area (Å²) in [6, 6.07) is 16.0. The highest BCUT2D eigenvalue weighted by Crippen LogP contribution is 2.23. The quantitative estimate of drug-likeness (QED) is 0.930. The Labute approximate surface area is 127 Å². The highest BCUT2D eigenvalue weighted by molar-refractivity contribution is 5.44. The molecule has 2 heterocycles. The Hall–Kier alpha value is -1.87. The molecule has 1 aliphatic rings. The third-order valence-electron chi connectivity index (χ3n) is 4.20. The molecule has 1 aromatic heterocycles. The first-order chi connectivity index (χ1) is 10.2. The van der Waals surface area contributed by atoms with Gasteiger partial charge in [0.15, 0.2) is 0 Å². The van der Waals surface area contributed by atoms with Crippen LogP contribution in [0.25, 0.3) is 0 Å². The lowest BCUT2D eigenvalue weighted by molar-refractivity contribution is 0.259. The first-order valence-corrected chi connectivity index (χ1v) is 7.68. The maximum atomic E-state index is 4.25. The Morgan fingerprint density at radius 1 is 1.24 bits per heavy atom. The third kappa shape index (κ3) is 3.61. The molecule has 0 radical (unpaired) electrons. The minimum Gasteiger partial charge on any atom is -0.381 e. The minimum absolute atomic E-state index is 0.519. The van der Waals surface area contributed by atoms with E-state index in [-0.39, 0.29) is 0 Å². The Morgan fingerprint density at radius 2 is 2.05 bits per heavy atom. The van der Waals surface area contributed by atoms with Gasteiger partial charge in [0, 0.05) is 42.8 Å². The van der Waals surface area contributed by atoms with Gasteiger partial charge in [0.1, 0.15) is 0 Å². The lowest BCUT2D eigenvalue weighted by Crippen LogP contribution is -2.28. The second kappa shape index (κ2) is 6.27. The van der Waals surface area contributed by atoms with Crippen molar-refractivity contribution in [3.63, 3.8) is 0 Å². The van der Waals surface area contributed by atoms with E-state index in [0.717, 1.165) is 18.8 Å². The van der Waals surface area contributed by atoms with Crippen LogP contribution in [0.15, 0.2) is 48.7 Å². The molecule has 0 spiro atoms. The Balaban J connectivity index is 1.61. The molecule has 2 unspecified atom stereocenters. The number of likely N-dealkylation sites (tertiary alicyclic amines) is 1. The Bertz CT molecular complexity index is 582. The summed E-state index contributed by atoms with van der Waals surface area (Å²) in [7, 11) is 0. The third-order valence-corrected chi connectivity index (χ3v) is 4.20. The van der Waals surface area contributed by atoms with Crippen molar-refractivity contribution in [3.8, 4) is 0 Å². The molecular formula is C18H23N3. The molecule has 1 saturated heterocycles. The number of rotatable bonds is 4. The van der Waals surface area contributed by atoms with Gasteiger partial charge in [0.25, 0.3) is 0 Å². The molecule has 2 aromatic rings. The summed E-state index contributed by atoms with van der Waals surface area (Å²) in [5.74, 6) is 0. The number of hydrogen-bond donors (Lipinski definition) is 1. The predicted molar refractivity (Wildman–Crippen MR) is 87.3 cm³/mol. The van der Waals surface area contributed by atoms with Gasteiger partial charge in [0.05, 0.1) is 0 Å². The molecule has 110 valence electrons. The van der Waals surface area contributed by atoms with E-state index >= 15 is 0 Å². The SMILES string of the molecule is Cc1cc(NC2CC(C)N(Cc3ccccc3)C2)ccn1. The van der Waals surface area contributed by atoms with Gasteiger partial charge in [-0.05, 0) is 38.0 Å². The molecule has 3 nitrogen and oxygen atoms in total. The standard InChI is InChI=1S/C18H23N3/c1-14-10-17(8-9-19-14)20-18-11-15(2)21(13-18)12-16-6-4-3-5-7-16/h3-10,15,18H,11-13H2,1-2H3,(H,19,20). The largest absolute Gasteiger partial charge is 0.381 e. The number of hydrogen-bond acceptors (Lipinski definition) is 3. The number of aromatic nitrogens is 1. The monoisotopic (exact) mass is 281 g/mol. The van der Waals surface area contributed by atoms with Crippen LogP contribution in [0.4, 0.5) is 5.69 Å². The number of nitrogens with one attached hydrogen (secondary N) is 1. The van der Waals surface area contributed by atoms with Crippen LogP contribution in [-0.4, -0.2) is 28.5 Å². The average molecular weight is 281 g/mol. The average Bonchev–Trinajstić information content (AvgIpc) is 2.80. The summed E-state index contributed by atoms with van der Waals surface area (Å²) >= 11 is 0. The normalized spacial score (nSPS) is 22.4. The van der Waals surface area contributed by atoms with Crippen molar-refractivity contribution in [2.24, 2.45) is 0 Å². The van der Waals surface area contributed by atoms with Gasteiger partial charge in [-0.2, -0.15) is 0 Å². The van der Waals surface area contributed by atoms with Crippen LogP contribution in [0.5, 0.6) is 0 Å². The molecule has 0 aliphatic carbocycles. The molecule has 1 N–H and O–H groups in total. The van der Waals surface area contributed by atoms with Crippen LogP contribution in [0.1, 0.15) is 24.6 Å². The maximum absolute atomic E-state index is 4.25. The summed E-state index contributed by atoms with van der Waals surface area (Å²) in [5, 5.41) is 3.65. The first-order valence-electron chi connectivity index (χ1n) is 7.68. The predicted octanol–water partition coefficient (Wildman–Crippen LogP) is 3.46. The van der Waals surface area contributed by atoms with Crippen LogP contribution >= 0.6 is 0 Å². The molecular weight excluding hydrogens is 258 g/mol. The van der Waals surface area contributed by atoms with Crippen molar-refractivity contribution in [2.75, 3.05) is 11.9 Å². The fourth-order valence-electron chi connectivity index (χ4n) is 3.11. The van der Waals surface area contributed by atoms with Crippen LogP contribution < -0.4 is 5.32 Å². The summed E-state index contributed by atoms with van der Waals surface area (Å²) in [6.45, 7) is 6.49. The molecule has 0 amide bonds. The van der Waals surface area contributed by atoms with E-state index in [1.807, 2.05) is 13.1 Å². The second-order valence-corrected chi connectivity index (χ2v) is 6.03. The lowest BCUT2D eigenvalue weighted by atomic mass is 10.2. The first kappa shape index (κ1) is 14.1. The van der Waals surface area contributed by atoms with Gasteiger partial charge in [-0.3, -0.25) is 9.88 Å². The lowest BCUT2D eigenvalue weighted by Gasteiger charge is -2.21. The molecule has 2 atom stereocenters. The van der Waals surface area contributed by atoms with Crippen molar-refractivity contribution in [1.82, 2.24) is 9.88 Å². The molecule has 1 aliphatic heterocycles. The number of anilines is 1. The van der Waals surface area contributed by atoms with Crippen molar-refractivity contribution in [2.45, 2.75) is 38.9 Å². The van der Waals surface area contributed by atoms with E-state index in [9.17, 15) is 0 Å². The Morgan fingerprint density at radius 3 is 2.81 bits per heavy atom. The zero-order valence-corrected chi connectivity index (χ0v) is 12.8. The van der Waals surface area contributed by atoms with Crippen LogP contribution in [0.3, 0.4) is 0 Å². The highest BCUT2D eigenvalue weighted by atomic mass is 15.2. The maximum Gasteiger partial charge on any atom is 0.0403 e. The van der Waals surface area contributed by atoms with Crippen LogP contribution in [0.2, 0.25) is 0 Å². The number of benzene rings is 1. The highest BCUT2D eigenvalue weighted by Gasteiger charge is 2.28. The molecule has 3 heteroatoms. The topological polar surface area (TPSA) is 28.2 Å². The van der Waals surface area contributed by atoms with Gasteiger partial charge >= 0.3 is 0 Å². The van der Waals surface area contributed by atoms with Gasteiger partial charge < -0.3 is 5.32 Å². The van der Waals surface area contributed by atoms with Crippen molar-refractivity contribution < 1.29 is 0 Å². The molecule has 1 fully saturated rings. The minimum atomic E-state index is 0.519. The van der Waals surface area contributed by atoms with E-state index in [0.29, 0.717) is 12.1 Å². The van der Waals surface area contributed by atoms with Gasteiger partial charge in [-0.1, -0.05) is 30.3 Å². The van der Waals surface area contributed by atoms with Crippen molar-refractivity contribution >= 4 is 5.69 Å². The molecule has 0 saturated carbocycles. The summed E-state index contributed by atoms with van der Waals surface area (Å²) in [6.07, 6.45) is 3.06. The van der Waals surface area contributed by atoms with Gasteiger partial charge in [-0.15, -0.1) is 0 Å². The van der Waals surface area contributed by atoms with Gasteiger partial charge in [-0.25, -0.2) is 0 Å². The fraction of sp³-hybridized carbons (Fsp3) is 0.389. The molecule has 3 rings (SSSR count). The number of nitrogens with zero attached hydrogens (tertiary/aromatic N) is 2. The smallest absolute Gasteiger partial charge is 0.0403 e. The van der Waals surface area contributed by atoms with E-state index in [1.165, 1.54) is 17.7 Å². The summed E-state index contributed by atoms with van der Waals surface area (Å²) < 4.78 is 0. The zero-order chi connectivity index (χ0) is 14.7. The molecule has 0 bridgehead atoms. The second-order valence-electron chi connectivity index (χ2n) is 6.03. The molecule has 21 heavy (non-hydrogen) atoms. The van der Waals surface area contributed by atoms with Crippen LogP contribution in [0, 0.1) is 6.92 Å².